The molecule has 4 aliphatic rings. The second-order valence-electron chi connectivity index (χ2n) is 16.9. The minimum Gasteiger partial charge on any atom is -0.481 e. The number of benzene rings is 2. The van der Waals surface area contributed by atoms with Crippen molar-refractivity contribution in [2.75, 3.05) is 78.0 Å². The Balaban J connectivity index is 0.000000198. The summed E-state index contributed by atoms with van der Waals surface area (Å²) in [6, 6.07) is 19.2. The molecule has 18 heteroatoms. The molecule has 4 aromatic rings. The smallest absolute Gasteiger partial charge is 0.303 e. The maximum Gasteiger partial charge on any atom is 0.303 e. The minimum atomic E-state index is -3.23. The number of aliphatic carboxylic acids is 1. The number of allylic oxidation sites excluding steroid dienone is 2. The van der Waals surface area contributed by atoms with Gasteiger partial charge < -0.3 is 10.0 Å². The van der Waals surface area contributed by atoms with Crippen LogP contribution in [0.25, 0.3) is 23.3 Å². The average Bonchev–Trinajstić information content (AvgIpc) is 3.51. The largest absolute Gasteiger partial charge is 0.481 e. The lowest BCUT2D eigenvalue weighted by Gasteiger charge is -2.39. The van der Waals surface area contributed by atoms with Crippen LogP contribution in [0.2, 0.25) is 10.0 Å². The predicted octanol–water partition coefficient (Wildman–Crippen LogP) is 7.02. The van der Waals surface area contributed by atoms with Gasteiger partial charge in [0.2, 0.25) is 26.0 Å². The number of carbonyl (C=O) groups excluding carboxylic acids is 1. The Morgan fingerprint density at radius 3 is 1.44 bits per heavy atom. The zero-order valence-corrected chi connectivity index (χ0v) is 40.9. The van der Waals surface area contributed by atoms with E-state index in [0.29, 0.717) is 94.8 Å². The van der Waals surface area contributed by atoms with Crippen molar-refractivity contribution in [3.8, 4) is 0 Å². The second kappa shape index (κ2) is 21.2. The molecule has 0 spiro atoms. The van der Waals surface area contributed by atoms with Crippen LogP contribution < -0.4 is 0 Å². The third-order valence-electron chi connectivity index (χ3n) is 12.8. The van der Waals surface area contributed by atoms with Gasteiger partial charge >= 0.3 is 5.97 Å². The van der Waals surface area contributed by atoms with Crippen LogP contribution in [0.15, 0.2) is 73.1 Å². The second-order valence-corrected chi connectivity index (χ2v) is 21.8. The Kier molecular flexibility index (Phi) is 15.9. The van der Waals surface area contributed by atoms with E-state index < -0.39 is 26.0 Å². The molecule has 4 heterocycles. The maximum atomic E-state index is 12.8. The number of sulfonamides is 2. The number of halogens is 2. The van der Waals surface area contributed by atoms with E-state index in [1.807, 2.05) is 79.4 Å². The number of rotatable bonds is 12. The van der Waals surface area contributed by atoms with Crippen molar-refractivity contribution < 1.29 is 31.5 Å². The summed E-state index contributed by atoms with van der Waals surface area (Å²) in [5.74, 6) is -0.708. The standard InChI is InChI=1S/C26H33ClN4O3S.C22H24ClN3O4S/c1-4-29(5-2)24(32)11-8-19-17-20-18-21(27)9-10-23(20)26(25-22(19)7-6-12-28-25)30-13-15-31(16-14-30)35(3,33)34;1-31(29,30)26-11-9-25(10-12-26)22-19-6-5-17(23)14-16(19)13-15(4-7-20(27)28)18-3-2-8-24-21(18)22/h6-7,9-10,12,17-18,26H,4-5,8,11,13-16H2,1-3H3;2-3,5-6,8,13-14,22H,4,7,9-12H2,1H3,(H,27,28). The quantitative estimate of drug-likeness (QED) is 0.155. The first kappa shape index (κ1) is 49.4. The molecule has 0 bridgehead atoms. The fourth-order valence-electron chi connectivity index (χ4n) is 9.44. The van der Waals surface area contributed by atoms with Gasteiger partial charge in [-0.1, -0.05) is 59.6 Å². The molecule has 14 nitrogen and oxygen atoms in total. The first-order valence-corrected chi connectivity index (χ1v) is 26.7. The molecule has 352 valence electrons. The molecule has 2 aromatic carbocycles. The van der Waals surface area contributed by atoms with E-state index in [-0.39, 0.29) is 24.4 Å². The number of carboxylic acid groups (broad SMARTS) is 1. The Hall–Kier alpha value is -4.52. The number of carbonyl (C=O) groups is 2. The Morgan fingerprint density at radius 1 is 0.652 bits per heavy atom. The van der Waals surface area contributed by atoms with E-state index in [9.17, 15) is 31.5 Å². The highest BCUT2D eigenvalue weighted by molar-refractivity contribution is 7.88. The number of amides is 1. The van der Waals surface area contributed by atoms with Crippen molar-refractivity contribution in [1.82, 2.24) is 33.3 Å². The van der Waals surface area contributed by atoms with Gasteiger partial charge in [0.25, 0.3) is 0 Å². The molecular formula is C48H57Cl2N7O7S2. The summed E-state index contributed by atoms with van der Waals surface area (Å²) in [4.78, 5) is 39.9. The zero-order chi connectivity index (χ0) is 47.3. The van der Waals surface area contributed by atoms with Gasteiger partial charge in [0.1, 0.15) is 0 Å². The number of aromatic nitrogens is 2. The summed E-state index contributed by atoms with van der Waals surface area (Å²) >= 11 is 12.7. The lowest BCUT2D eigenvalue weighted by molar-refractivity contribution is -0.137. The van der Waals surface area contributed by atoms with Crippen LogP contribution in [-0.4, -0.2) is 145 Å². The van der Waals surface area contributed by atoms with Crippen LogP contribution in [0.5, 0.6) is 0 Å². The topological polar surface area (TPSA) is 165 Å². The summed E-state index contributed by atoms with van der Waals surface area (Å²) in [6.45, 7) is 9.46. The number of hydrogen-bond acceptors (Lipinski definition) is 10. The van der Waals surface area contributed by atoms with Gasteiger partial charge in [-0.15, -0.1) is 0 Å². The van der Waals surface area contributed by atoms with Crippen LogP contribution in [0.4, 0.5) is 0 Å². The molecule has 2 saturated heterocycles. The monoisotopic (exact) mass is 977 g/mol. The first-order chi connectivity index (χ1) is 31.5. The molecule has 66 heavy (non-hydrogen) atoms. The van der Waals surface area contributed by atoms with Crippen LogP contribution >= 0.6 is 23.2 Å². The highest BCUT2D eigenvalue weighted by Gasteiger charge is 2.36. The third-order valence-corrected chi connectivity index (χ3v) is 15.9. The van der Waals surface area contributed by atoms with Crippen molar-refractivity contribution in [2.45, 2.75) is 51.6 Å². The van der Waals surface area contributed by atoms with Crippen LogP contribution in [0.1, 0.15) is 96.4 Å². The third kappa shape index (κ3) is 11.4. The molecule has 2 aromatic heterocycles. The van der Waals surface area contributed by atoms with Crippen molar-refractivity contribution >= 4 is 78.4 Å². The number of piperazine rings is 2. The summed E-state index contributed by atoms with van der Waals surface area (Å²) in [6.07, 6.45) is 11.6. The van der Waals surface area contributed by atoms with Crippen LogP contribution in [-0.2, 0) is 29.6 Å². The van der Waals surface area contributed by atoms with E-state index in [1.54, 1.807) is 12.4 Å². The lowest BCUT2D eigenvalue weighted by atomic mass is 9.94. The average molecular weight is 979 g/mol. The van der Waals surface area contributed by atoms with Crippen molar-refractivity contribution in [3.05, 3.63) is 128 Å². The van der Waals surface area contributed by atoms with Crippen molar-refractivity contribution in [3.63, 3.8) is 0 Å². The molecule has 0 saturated carbocycles. The Bertz CT molecular complexity index is 2730. The van der Waals surface area contributed by atoms with Gasteiger partial charge in [-0.05, 0) is 96.5 Å². The van der Waals surface area contributed by atoms with Gasteiger partial charge in [-0.25, -0.2) is 16.8 Å². The Labute approximate surface area is 398 Å². The fourth-order valence-corrected chi connectivity index (χ4v) is 11.5. The molecule has 8 rings (SSSR count). The molecule has 2 aliphatic carbocycles. The molecule has 1 N–H and O–H groups in total. The summed E-state index contributed by atoms with van der Waals surface area (Å²) in [5.41, 5.74) is 9.78. The van der Waals surface area contributed by atoms with Gasteiger partial charge in [0.15, 0.2) is 0 Å². The molecule has 2 aliphatic heterocycles. The molecule has 2 fully saturated rings. The van der Waals surface area contributed by atoms with E-state index in [2.05, 4.69) is 21.9 Å². The van der Waals surface area contributed by atoms with E-state index in [0.717, 1.165) is 55.9 Å². The SMILES string of the molecule is CCN(CC)C(=O)CCC1=Cc2cc(Cl)ccc2C(N2CCN(S(C)(=O)=O)CC2)c2ncccc21.CS(=O)(=O)N1CCN(C2c3ccc(Cl)cc3C=C(CCC(=O)O)c3cccnc32)CC1. The maximum absolute atomic E-state index is 12.8. The van der Waals surface area contributed by atoms with E-state index >= 15 is 0 Å². The highest BCUT2D eigenvalue weighted by Crippen LogP contribution is 2.43. The lowest BCUT2D eigenvalue weighted by Crippen LogP contribution is -2.49. The number of fused-ring (bicyclic) bond motifs is 4. The van der Waals surface area contributed by atoms with Gasteiger partial charge in [-0.2, -0.15) is 8.61 Å². The van der Waals surface area contributed by atoms with Gasteiger partial charge in [-0.3, -0.25) is 29.4 Å². The first-order valence-electron chi connectivity index (χ1n) is 22.2. The summed E-state index contributed by atoms with van der Waals surface area (Å²) in [5, 5.41) is 10.5. The predicted molar refractivity (Wildman–Crippen MR) is 261 cm³/mol. The molecule has 2 unspecified atom stereocenters. The van der Waals surface area contributed by atoms with Crippen LogP contribution in [0, 0.1) is 0 Å². The Morgan fingerprint density at radius 2 is 1.06 bits per heavy atom. The molecule has 2 atom stereocenters. The number of nitrogens with zero attached hydrogens (tertiary/aromatic N) is 7. The molecule has 0 radical (unpaired) electrons. The highest BCUT2D eigenvalue weighted by atomic mass is 35.5. The minimum absolute atomic E-state index is 0.0216. The van der Waals surface area contributed by atoms with Crippen LogP contribution in [0.3, 0.4) is 0 Å². The number of carboxylic acids is 1. The molecular weight excluding hydrogens is 922 g/mol. The fraction of sp³-hybridized carbons (Fsp3) is 0.417. The zero-order valence-electron chi connectivity index (χ0n) is 37.7. The van der Waals surface area contributed by atoms with E-state index in [4.69, 9.17) is 33.2 Å². The number of pyridine rings is 2. The van der Waals surface area contributed by atoms with Gasteiger partial charge in [0, 0.05) is 112 Å². The summed E-state index contributed by atoms with van der Waals surface area (Å²) < 4.78 is 51.1. The van der Waals surface area contributed by atoms with Crippen molar-refractivity contribution in [2.24, 2.45) is 0 Å². The van der Waals surface area contributed by atoms with Gasteiger partial charge in [0.05, 0.1) is 36.0 Å². The van der Waals surface area contributed by atoms with Crippen molar-refractivity contribution in [1.29, 1.82) is 0 Å². The number of hydrogen-bond donors (Lipinski definition) is 1. The van der Waals surface area contributed by atoms with E-state index in [1.165, 1.54) is 21.1 Å². The molecule has 1 amide bonds. The summed E-state index contributed by atoms with van der Waals surface area (Å²) in [7, 11) is -6.45. The normalized spacial score (nSPS) is 19.3.